The number of carbonyl (C=O) groups excluding carboxylic acids is 2. The van der Waals surface area contributed by atoms with Gasteiger partial charge in [-0.15, -0.1) is 12.4 Å². The van der Waals surface area contributed by atoms with Crippen LogP contribution in [0.4, 0.5) is 0 Å². The van der Waals surface area contributed by atoms with Crippen molar-refractivity contribution >= 4 is 24.2 Å². The summed E-state index contributed by atoms with van der Waals surface area (Å²) in [6.45, 7) is 2.35. The topological polar surface area (TPSA) is 61.4 Å². The van der Waals surface area contributed by atoms with Crippen molar-refractivity contribution in [2.24, 2.45) is 0 Å². The van der Waals surface area contributed by atoms with Crippen LogP contribution in [0.25, 0.3) is 0 Å². The molecule has 2 heterocycles. The molecule has 2 aliphatic rings. The molecule has 2 saturated heterocycles. The largest absolute Gasteiger partial charge is 0.353 e. The Hall–Kier alpha value is -1.59. The van der Waals surface area contributed by atoms with Crippen molar-refractivity contribution in [1.82, 2.24) is 15.5 Å². The van der Waals surface area contributed by atoms with Crippen molar-refractivity contribution in [2.75, 3.05) is 19.6 Å². The maximum absolute atomic E-state index is 12.6. The second-order valence-electron chi connectivity index (χ2n) is 6.06. The molecular weight excluding hydrogens is 314 g/mol. The smallest absolute Gasteiger partial charge is 0.254 e. The average Bonchev–Trinajstić information content (AvgIpc) is 3.24. The summed E-state index contributed by atoms with van der Waals surface area (Å²) >= 11 is 0. The lowest BCUT2D eigenvalue weighted by Gasteiger charge is -2.24. The highest BCUT2D eigenvalue weighted by Gasteiger charge is 2.34. The van der Waals surface area contributed by atoms with Crippen LogP contribution < -0.4 is 10.6 Å². The van der Waals surface area contributed by atoms with Crippen molar-refractivity contribution in [3.05, 3.63) is 35.9 Å². The SMILES string of the molecule is Cl.O=C(NCC1CCCN1)C1CCCN1C(=O)c1ccccc1. The summed E-state index contributed by atoms with van der Waals surface area (Å²) in [6.07, 6.45) is 3.92. The molecule has 0 bridgehead atoms. The Morgan fingerprint density at radius 2 is 1.96 bits per heavy atom. The third-order valence-corrected chi connectivity index (χ3v) is 4.52. The number of likely N-dealkylation sites (tertiary alicyclic amines) is 1. The van der Waals surface area contributed by atoms with Crippen LogP contribution in [0.5, 0.6) is 0 Å². The van der Waals surface area contributed by atoms with E-state index in [2.05, 4.69) is 10.6 Å². The minimum Gasteiger partial charge on any atom is -0.353 e. The number of amides is 2. The molecule has 126 valence electrons. The van der Waals surface area contributed by atoms with Gasteiger partial charge in [-0.3, -0.25) is 9.59 Å². The molecule has 0 radical (unpaired) electrons. The molecule has 1 aromatic rings. The standard InChI is InChI=1S/C17H23N3O2.ClH/c21-16(19-12-14-8-4-10-18-14)15-9-5-11-20(15)17(22)13-6-2-1-3-7-13;/h1-3,6-7,14-15,18H,4-5,8-12H2,(H,19,21);1H. The van der Waals surface area contributed by atoms with Gasteiger partial charge in [0.25, 0.3) is 5.91 Å². The minimum absolute atomic E-state index is 0. The van der Waals surface area contributed by atoms with E-state index in [-0.39, 0.29) is 30.3 Å². The Balaban J connectivity index is 0.00000192. The van der Waals surface area contributed by atoms with Crippen molar-refractivity contribution in [2.45, 2.75) is 37.8 Å². The van der Waals surface area contributed by atoms with Crippen molar-refractivity contribution in [3.63, 3.8) is 0 Å². The van der Waals surface area contributed by atoms with Crippen LogP contribution in [0, 0.1) is 0 Å². The predicted octanol–water partition coefficient (Wildman–Crippen LogP) is 1.58. The van der Waals surface area contributed by atoms with Crippen LogP contribution in [0.1, 0.15) is 36.0 Å². The fourth-order valence-electron chi connectivity index (χ4n) is 3.30. The zero-order valence-corrected chi connectivity index (χ0v) is 14.0. The van der Waals surface area contributed by atoms with Gasteiger partial charge in [-0.25, -0.2) is 0 Å². The Kier molecular flexibility index (Phi) is 6.42. The van der Waals surface area contributed by atoms with Crippen LogP contribution in [0.2, 0.25) is 0 Å². The van der Waals surface area contributed by atoms with Crippen molar-refractivity contribution in [3.8, 4) is 0 Å². The molecule has 0 spiro atoms. The Labute approximate surface area is 143 Å². The summed E-state index contributed by atoms with van der Waals surface area (Å²) in [5, 5.41) is 6.37. The van der Waals surface area contributed by atoms with Crippen LogP contribution in [0.3, 0.4) is 0 Å². The predicted molar refractivity (Wildman–Crippen MR) is 91.8 cm³/mol. The molecule has 3 rings (SSSR count). The summed E-state index contributed by atoms with van der Waals surface area (Å²) in [6, 6.07) is 9.25. The van der Waals surface area contributed by atoms with Crippen LogP contribution in [-0.4, -0.2) is 48.4 Å². The van der Waals surface area contributed by atoms with Crippen molar-refractivity contribution < 1.29 is 9.59 Å². The number of halogens is 1. The number of nitrogens with zero attached hydrogens (tertiary/aromatic N) is 1. The van der Waals surface area contributed by atoms with E-state index in [4.69, 9.17) is 0 Å². The number of hydrogen-bond acceptors (Lipinski definition) is 3. The highest BCUT2D eigenvalue weighted by molar-refractivity contribution is 5.97. The van der Waals surface area contributed by atoms with E-state index in [1.54, 1.807) is 17.0 Å². The van der Waals surface area contributed by atoms with Crippen LogP contribution >= 0.6 is 12.4 Å². The summed E-state index contributed by atoms with van der Waals surface area (Å²) in [7, 11) is 0. The molecule has 2 N–H and O–H groups in total. The van der Waals surface area contributed by atoms with E-state index >= 15 is 0 Å². The van der Waals surface area contributed by atoms with E-state index in [1.165, 1.54) is 6.42 Å². The van der Waals surface area contributed by atoms with Gasteiger partial charge in [0.15, 0.2) is 0 Å². The lowest BCUT2D eigenvalue weighted by molar-refractivity contribution is -0.124. The van der Waals surface area contributed by atoms with Gasteiger partial charge < -0.3 is 15.5 Å². The van der Waals surface area contributed by atoms with Gasteiger partial charge in [0.05, 0.1) is 0 Å². The zero-order chi connectivity index (χ0) is 15.4. The number of nitrogens with one attached hydrogen (secondary N) is 2. The highest BCUT2D eigenvalue weighted by Crippen LogP contribution is 2.20. The molecule has 0 saturated carbocycles. The molecule has 2 unspecified atom stereocenters. The van der Waals surface area contributed by atoms with Crippen LogP contribution in [0.15, 0.2) is 30.3 Å². The molecule has 2 atom stereocenters. The summed E-state index contributed by atoms with van der Waals surface area (Å²) in [5.41, 5.74) is 0.652. The summed E-state index contributed by atoms with van der Waals surface area (Å²) in [4.78, 5) is 26.7. The molecule has 2 amide bonds. The molecule has 6 heteroatoms. The first-order valence-corrected chi connectivity index (χ1v) is 8.13. The summed E-state index contributed by atoms with van der Waals surface area (Å²) < 4.78 is 0. The van der Waals surface area contributed by atoms with Crippen LogP contribution in [-0.2, 0) is 4.79 Å². The zero-order valence-electron chi connectivity index (χ0n) is 13.2. The number of hydrogen-bond donors (Lipinski definition) is 2. The molecule has 23 heavy (non-hydrogen) atoms. The molecule has 5 nitrogen and oxygen atoms in total. The van der Waals surface area contributed by atoms with Gasteiger partial charge in [0.1, 0.15) is 6.04 Å². The first-order valence-electron chi connectivity index (χ1n) is 8.13. The molecule has 0 aliphatic carbocycles. The van der Waals surface area contributed by atoms with Gasteiger partial charge in [-0.1, -0.05) is 18.2 Å². The maximum Gasteiger partial charge on any atom is 0.254 e. The molecule has 0 aromatic heterocycles. The van der Waals surface area contributed by atoms with E-state index in [9.17, 15) is 9.59 Å². The number of carbonyl (C=O) groups is 2. The Morgan fingerprint density at radius 1 is 1.17 bits per heavy atom. The molecule has 2 aliphatic heterocycles. The fourth-order valence-corrected chi connectivity index (χ4v) is 3.30. The third-order valence-electron chi connectivity index (χ3n) is 4.52. The fraction of sp³-hybridized carbons (Fsp3) is 0.529. The first kappa shape index (κ1) is 17.8. The Bertz CT molecular complexity index is 532. The monoisotopic (exact) mass is 337 g/mol. The van der Waals surface area contributed by atoms with Gasteiger partial charge >= 0.3 is 0 Å². The Morgan fingerprint density at radius 3 is 2.65 bits per heavy atom. The van der Waals surface area contributed by atoms with E-state index in [1.807, 2.05) is 18.2 Å². The number of rotatable bonds is 4. The molecular formula is C17H24ClN3O2. The van der Waals surface area contributed by atoms with Gasteiger partial charge in [-0.2, -0.15) is 0 Å². The van der Waals surface area contributed by atoms with Gasteiger partial charge in [0.2, 0.25) is 5.91 Å². The van der Waals surface area contributed by atoms with Gasteiger partial charge in [0, 0.05) is 24.7 Å². The third kappa shape index (κ3) is 4.24. The lowest BCUT2D eigenvalue weighted by atomic mass is 10.1. The molecule has 2 fully saturated rings. The normalized spacial score (nSPS) is 23.4. The minimum atomic E-state index is -0.325. The first-order chi connectivity index (χ1) is 10.8. The highest BCUT2D eigenvalue weighted by atomic mass is 35.5. The van der Waals surface area contributed by atoms with E-state index < -0.39 is 0 Å². The van der Waals surface area contributed by atoms with Gasteiger partial charge in [-0.05, 0) is 44.4 Å². The second kappa shape index (κ2) is 8.31. The second-order valence-corrected chi connectivity index (χ2v) is 6.06. The maximum atomic E-state index is 12.6. The average molecular weight is 338 g/mol. The quantitative estimate of drug-likeness (QED) is 0.877. The molecule has 1 aromatic carbocycles. The lowest BCUT2D eigenvalue weighted by Crippen LogP contribution is -2.48. The van der Waals surface area contributed by atoms with Crippen molar-refractivity contribution in [1.29, 1.82) is 0 Å². The number of benzene rings is 1. The van der Waals surface area contributed by atoms with E-state index in [0.717, 1.165) is 25.8 Å². The summed E-state index contributed by atoms with van der Waals surface area (Å²) in [5.74, 6) is -0.0623. The van der Waals surface area contributed by atoms with E-state index in [0.29, 0.717) is 24.7 Å².